The van der Waals surface area contributed by atoms with E-state index >= 15 is 0 Å². The molecule has 0 radical (unpaired) electrons. The Morgan fingerprint density at radius 2 is 1.41 bits per heavy atom. The Labute approximate surface area is 108 Å². The van der Waals surface area contributed by atoms with Crippen molar-refractivity contribution in [1.82, 2.24) is 0 Å². The largest absolute Gasteiger partial charge is 0.414 e. The van der Waals surface area contributed by atoms with Crippen LogP contribution < -0.4 is 0 Å². The van der Waals surface area contributed by atoms with Gasteiger partial charge < -0.3 is 4.43 Å². The molecule has 17 heavy (non-hydrogen) atoms. The number of hydrogen-bond acceptors (Lipinski definition) is 1. The highest BCUT2D eigenvalue weighted by Crippen LogP contribution is 2.46. The quantitative estimate of drug-likeness (QED) is 0.632. The van der Waals surface area contributed by atoms with Crippen LogP contribution in [0.3, 0.4) is 0 Å². The topological polar surface area (TPSA) is 9.23 Å². The fourth-order valence-electron chi connectivity index (χ4n) is 3.37. The van der Waals surface area contributed by atoms with Crippen molar-refractivity contribution in [3.05, 3.63) is 0 Å². The van der Waals surface area contributed by atoms with Gasteiger partial charge in [-0.25, -0.2) is 0 Å². The average molecular weight is 254 g/mol. The molecule has 100 valence electrons. The summed E-state index contributed by atoms with van der Waals surface area (Å²) in [5, 5.41) is 0.362. The van der Waals surface area contributed by atoms with Crippen molar-refractivity contribution < 1.29 is 4.43 Å². The molecule has 2 aliphatic carbocycles. The van der Waals surface area contributed by atoms with E-state index in [9.17, 15) is 0 Å². The van der Waals surface area contributed by atoms with Crippen LogP contribution in [-0.4, -0.2) is 14.4 Å². The molecule has 0 amide bonds. The predicted octanol–water partition coefficient (Wildman–Crippen LogP) is 4.98. The van der Waals surface area contributed by atoms with Crippen molar-refractivity contribution in [2.75, 3.05) is 0 Å². The summed E-state index contributed by atoms with van der Waals surface area (Å²) in [6.07, 6.45) is 9.18. The Bertz CT molecular complexity index is 253. The van der Waals surface area contributed by atoms with Crippen LogP contribution >= 0.6 is 0 Å². The summed E-state index contributed by atoms with van der Waals surface area (Å²) in [5.41, 5.74) is 0. The molecule has 2 saturated carbocycles. The molecule has 0 aromatic rings. The van der Waals surface area contributed by atoms with Crippen LogP contribution in [0.1, 0.15) is 59.3 Å². The molecular formula is C15H30OSi. The van der Waals surface area contributed by atoms with Gasteiger partial charge in [0.15, 0.2) is 8.32 Å². The maximum atomic E-state index is 6.59. The third-order valence-corrected chi connectivity index (χ3v) is 10.0. The molecule has 0 spiro atoms. The van der Waals surface area contributed by atoms with E-state index in [1.54, 1.807) is 0 Å². The van der Waals surface area contributed by atoms with Gasteiger partial charge >= 0.3 is 0 Å². The summed E-state index contributed by atoms with van der Waals surface area (Å²) < 4.78 is 6.59. The van der Waals surface area contributed by atoms with E-state index in [-0.39, 0.29) is 0 Å². The molecule has 0 aliphatic heterocycles. The first-order chi connectivity index (χ1) is 7.79. The standard InChI is InChI=1S/C15H30OSi/c1-15(2,3)17(4,5)16-14-10-12-8-6-7-9-13(12)11-14/h12-14H,6-11H2,1-5H3. The molecule has 0 bridgehead atoms. The van der Waals surface area contributed by atoms with Crippen LogP contribution in [-0.2, 0) is 4.43 Å². The van der Waals surface area contributed by atoms with E-state index in [1.807, 2.05) is 0 Å². The van der Waals surface area contributed by atoms with Crippen LogP contribution in [0.25, 0.3) is 0 Å². The van der Waals surface area contributed by atoms with Gasteiger partial charge in [0.25, 0.3) is 0 Å². The molecule has 2 heteroatoms. The highest BCUT2D eigenvalue weighted by atomic mass is 28.4. The van der Waals surface area contributed by atoms with Gasteiger partial charge in [0.1, 0.15) is 0 Å². The van der Waals surface area contributed by atoms with E-state index in [2.05, 4.69) is 33.9 Å². The van der Waals surface area contributed by atoms with Crippen molar-refractivity contribution in [2.24, 2.45) is 11.8 Å². The van der Waals surface area contributed by atoms with Crippen molar-refractivity contribution in [1.29, 1.82) is 0 Å². The maximum Gasteiger partial charge on any atom is 0.192 e. The van der Waals surface area contributed by atoms with Gasteiger partial charge in [-0.05, 0) is 42.8 Å². The lowest BCUT2D eigenvalue weighted by atomic mass is 9.82. The van der Waals surface area contributed by atoms with Gasteiger partial charge in [0.2, 0.25) is 0 Å². The summed E-state index contributed by atoms with van der Waals surface area (Å²) in [5.74, 6) is 2.00. The fraction of sp³-hybridized carbons (Fsp3) is 1.00. The molecule has 2 unspecified atom stereocenters. The molecule has 0 aromatic carbocycles. The third kappa shape index (κ3) is 2.95. The van der Waals surface area contributed by atoms with Gasteiger partial charge in [0, 0.05) is 6.10 Å². The normalized spacial score (nSPS) is 34.8. The van der Waals surface area contributed by atoms with E-state index in [1.165, 1.54) is 38.5 Å². The second-order valence-corrected chi connectivity index (χ2v) is 12.5. The lowest BCUT2D eigenvalue weighted by Crippen LogP contribution is -2.43. The van der Waals surface area contributed by atoms with Crippen LogP contribution in [0.2, 0.25) is 18.1 Å². The molecular weight excluding hydrogens is 224 g/mol. The minimum absolute atomic E-state index is 0.362. The third-order valence-electron chi connectivity index (χ3n) is 5.47. The first-order valence-corrected chi connectivity index (χ1v) is 10.4. The summed E-state index contributed by atoms with van der Waals surface area (Å²) in [4.78, 5) is 0. The number of fused-ring (bicyclic) bond motifs is 1. The highest BCUT2D eigenvalue weighted by Gasteiger charge is 2.43. The fourth-order valence-corrected chi connectivity index (χ4v) is 4.75. The second kappa shape index (κ2) is 4.69. The first-order valence-electron chi connectivity index (χ1n) is 7.47. The van der Waals surface area contributed by atoms with Gasteiger partial charge in [-0.15, -0.1) is 0 Å². The molecule has 0 N–H and O–H groups in total. The zero-order valence-electron chi connectivity index (χ0n) is 12.4. The predicted molar refractivity (Wildman–Crippen MR) is 76.8 cm³/mol. The van der Waals surface area contributed by atoms with Gasteiger partial charge in [-0.3, -0.25) is 0 Å². The molecule has 1 nitrogen and oxygen atoms in total. The summed E-state index contributed by atoms with van der Waals surface area (Å²) in [7, 11) is -1.53. The summed E-state index contributed by atoms with van der Waals surface area (Å²) >= 11 is 0. The van der Waals surface area contributed by atoms with Crippen LogP contribution in [0.4, 0.5) is 0 Å². The Morgan fingerprint density at radius 1 is 0.941 bits per heavy atom. The van der Waals surface area contributed by atoms with Crippen LogP contribution in [0.15, 0.2) is 0 Å². The van der Waals surface area contributed by atoms with Crippen LogP contribution in [0, 0.1) is 11.8 Å². The Morgan fingerprint density at radius 3 is 1.82 bits per heavy atom. The number of rotatable bonds is 2. The SMILES string of the molecule is CC(C)(C)[Si](C)(C)OC1CC2CCCCC2C1. The Balaban J connectivity index is 1.93. The summed E-state index contributed by atoms with van der Waals surface area (Å²) in [6.45, 7) is 11.8. The molecule has 2 fully saturated rings. The van der Waals surface area contributed by atoms with E-state index in [0.29, 0.717) is 11.1 Å². The molecule has 0 heterocycles. The van der Waals surface area contributed by atoms with Crippen molar-refractivity contribution in [2.45, 2.75) is 83.5 Å². The Hall–Kier alpha value is 0.177. The van der Waals surface area contributed by atoms with Crippen molar-refractivity contribution >= 4 is 8.32 Å². The van der Waals surface area contributed by atoms with E-state index in [4.69, 9.17) is 4.43 Å². The van der Waals surface area contributed by atoms with Crippen molar-refractivity contribution in [3.63, 3.8) is 0 Å². The van der Waals surface area contributed by atoms with E-state index < -0.39 is 8.32 Å². The minimum Gasteiger partial charge on any atom is -0.414 e. The zero-order valence-corrected chi connectivity index (χ0v) is 13.4. The molecule has 2 aliphatic rings. The molecule has 0 saturated heterocycles. The second-order valence-electron chi connectivity index (χ2n) is 7.78. The lowest BCUT2D eigenvalue weighted by Gasteiger charge is -2.38. The lowest BCUT2D eigenvalue weighted by molar-refractivity contribution is 0.181. The molecule has 0 aromatic heterocycles. The van der Waals surface area contributed by atoms with Crippen molar-refractivity contribution in [3.8, 4) is 0 Å². The number of hydrogen-bond donors (Lipinski definition) is 0. The Kier molecular flexibility index (Phi) is 3.76. The van der Waals surface area contributed by atoms with Gasteiger partial charge in [0.05, 0.1) is 0 Å². The smallest absolute Gasteiger partial charge is 0.192 e. The maximum absolute atomic E-state index is 6.59. The van der Waals surface area contributed by atoms with Crippen LogP contribution in [0.5, 0.6) is 0 Å². The van der Waals surface area contributed by atoms with Gasteiger partial charge in [-0.2, -0.15) is 0 Å². The monoisotopic (exact) mass is 254 g/mol. The summed E-state index contributed by atoms with van der Waals surface area (Å²) in [6, 6.07) is 0. The molecule has 2 atom stereocenters. The molecule has 2 rings (SSSR count). The first kappa shape index (κ1) is 13.6. The van der Waals surface area contributed by atoms with Gasteiger partial charge in [-0.1, -0.05) is 46.5 Å². The van der Waals surface area contributed by atoms with E-state index in [0.717, 1.165) is 11.8 Å². The highest BCUT2D eigenvalue weighted by molar-refractivity contribution is 6.74. The average Bonchev–Trinajstić information content (AvgIpc) is 2.56. The minimum atomic E-state index is -1.53. The zero-order chi connectivity index (χ0) is 12.7.